The zero-order chi connectivity index (χ0) is 17.1. The lowest BCUT2D eigenvalue weighted by atomic mass is 10.1. The number of rotatable bonds is 5. The van der Waals surface area contributed by atoms with Crippen LogP contribution < -0.4 is 10.1 Å². The van der Waals surface area contributed by atoms with Crippen LogP contribution in [-0.2, 0) is 17.6 Å². The number of ether oxygens (including phenoxy) is 1. The van der Waals surface area contributed by atoms with Gasteiger partial charge in [0.2, 0.25) is 5.91 Å². The summed E-state index contributed by atoms with van der Waals surface area (Å²) >= 11 is 1.44. The highest BCUT2D eigenvalue weighted by atomic mass is 32.1. The van der Waals surface area contributed by atoms with Crippen LogP contribution in [0.25, 0.3) is 11.3 Å². The van der Waals surface area contributed by atoms with Gasteiger partial charge in [-0.05, 0) is 41.8 Å². The van der Waals surface area contributed by atoms with Crippen molar-refractivity contribution < 1.29 is 9.53 Å². The van der Waals surface area contributed by atoms with Crippen LogP contribution >= 0.6 is 11.3 Å². The van der Waals surface area contributed by atoms with Crippen LogP contribution in [0.3, 0.4) is 0 Å². The Morgan fingerprint density at radius 3 is 3.16 bits per heavy atom. The second-order valence-electron chi connectivity index (χ2n) is 5.87. The number of aryl methyl sites for hydroxylation is 1. The predicted molar refractivity (Wildman–Crippen MR) is 97.9 cm³/mol. The molecule has 0 saturated heterocycles. The third kappa shape index (κ3) is 3.69. The molecule has 0 bridgehead atoms. The lowest BCUT2D eigenvalue weighted by molar-refractivity contribution is -0.116. The standard InChI is InChI=1S/C19H17N3O2S/c23-18(6-3-13-2-1-8-20-11-13)22-19-21-16(12-25-19)14-4-5-17-15(10-14)7-9-24-17/h1-2,4-5,8,10-12H,3,6-7,9H2,(H,21,22,23). The summed E-state index contributed by atoms with van der Waals surface area (Å²) in [5, 5.41) is 5.47. The normalized spacial score (nSPS) is 12.5. The minimum Gasteiger partial charge on any atom is -0.493 e. The molecule has 0 spiro atoms. The van der Waals surface area contributed by atoms with E-state index < -0.39 is 0 Å². The second kappa shape index (κ2) is 7.03. The first-order valence-corrected chi connectivity index (χ1v) is 9.06. The van der Waals surface area contributed by atoms with Crippen molar-refractivity contribution in [2.24, 2.45) is 0 Å². The molecule has 0 fully saturated rings. The van der Waals surface area contributed by atoms with Crippen molar-refractivity contribution in [1.82, 2.24) is 9.97 Å². The summed E-state index contributed by atoms with van der Waals surface area (Å²) in [4.78, 5) is 20.7. The molecule has 5 nitrogen and oxygen atoms in total. The smallest absolute Gasteiger partial charge is 0.226 e. The highest BCUT2D eigenvalue weighted by Crippen LogP contribution is 2.31. The Labute approximate surface area is 149 Å². The van der Waals surface area contributed by atoms with Crippen molar-refractivity contribution in [1.29, 1.82) is 0 Å². The van der Waals surface area contributed by atoms with Gasteiger partial charge in [0.25, 0.3) is 0 Å². The van der Waals surface area contributed by atoms with Crippen molar-refractivity contribution in [2.45, 2.75) is 19.3 Å². The van der Waals surface area contributed by atoms with E-state index in [9.17, 15) is 4.79 Å². The number of fused-ring (bicyclic) bond motifs is 1. The summed E-state index contributed by atoms with van der Waals surface area (Å²) in [6.45, 7) is 0.744. The number of nitrogens with one attached hydrogen (secondary N) is 1. The van der Waals surface area contributed by atoms with Crippen molar-refractivity contribution in [3.05, 3.63) is 59.2 Å². The number of amides is 1. The first kappa shape index (κ1) is 15.8. The van der Waals surface area contributed by atoms with Gasteiger partial charge in [0.15, 0.2) is 5.13 Å². The van der Waals surface area contributed by atoms with Gasteiger partial charge in [-0.1, -0.05) is 6.07 Å². The van der Waals surface area contributed by atoms with Crippen LogP contribution in [-0.4, -0.2) is 22.5 Å². The van der Waals surface area contributed by atoms with Crippen molar-refractivity contribution >= 4 is 22.4 Å². The fourth-order valence-electron chi connectivity index (χ4n) is 2.80. The van der Waals surface area contributed by atoms with Crippen molar-refractivity contribution in [2.75, 3.05) is 11.9 Å². The molecule has 0 unspecified atom stereocenters. The van der Waals surface area contributed by atoms with E-state index in [-0.39, 0.29) is 5.91 Å². The summed E-state index contributed by atoms with van der Waals surface area (Å²) in [5.74, 6) is 0.926. The third-order valence-electron chi connectivity index (χ3n) is 4.10. The molecule has 1 N–H and O–H groups in total. The molecule has 0 aliphatic carbocycles. The molecule has 0 saturated carbocycles. The average molecular weight is 351 g/mol. The minimum absolute atomic E-state index is 0.0351. The summed E-state index contributed by atoms with van der Waals surface area (Å²) in [6.07, 6.45) is 5.53. The first-order valence-electron chi connectivity index (χ1n) is 8.18. The number of nitrogens with zero attached hydrogens (tertiary/aromatic N) is 2. The SMILES string of the molecule is O=C(CCc1cccnc1)Nc1nc(-c2ccc3c(c2)CCO3)cs1. The molecular formula is C19H17N3O2S. The number of hydrogen-bond acceptors (Lipinski definition) is 5. The third-order valence-corrected chi connectivity index (χ3v) is 4.86. The summed E-state index contributed by atoms with van der Waals surface area (Å²) in [7, 11) is 0. The quantitative estimate of drug-likeness (QED) is 0.761. The molecule has 1 amide bonds. The van der Waals surface area contributed by atoms with Crippen LogP contribution in [0.1, 0.15) is 17.5 Å². The molecule has 0 radical (unpaired) electrons. The monoisotopic (exact) mass is 351 g/mol. The van der Waals surface area contributed by atoms with Crippen LogP contribution in [0.4, 0.5) is 5.13 Å². The van der Waals surface area contributed by atoms with E-state index >= 15 is 0 Å². The lowest BCUT2D eigenvalue weighted by Crippen LogP contribution is -2.12. The summed E-state index contributed by atoms with van der Waals surface area (Å²) in [6, 6.07) is 9.96. The summed E-state index contributed by atoms with van der Waals surface area (Å²) < 4.78 is 5.53. The first-order chi connectivity index (χ1) is 12.3. The summed E-state index contributed by atoms with van der Waals surface area (Å²) in [5.41, 5.74) is 4.20. The Bertz CT molecular complexity index is 893. The minimum atomic E-state index is -0.0351. The van der Waals surface area contributed by atoms with E-state index in [0.29, 0.717) is 18.0 Å². The van der Waals surface area contributed by atoms with Gasteiger partial charge in [0, 0.05) is 36.2 Å². The van der Waals surface area contributed by atoms with E-state index in [1.807, 2.05) is 29.6 Å². The molecule has 1 aliphatic heterocycles. The van der Waals surface area contributed by atoms with Gasteiger partial charge in [-0.15, -0.1) is 11.3 Å². The highest BCUT2D eigenvalue weighted by molar-refractivity contribution is 7.14. The van der Waals surface area contributed by atoms with E-state index in [1.165, 1.54) is 16.9 Å². The van der Waals surface area contributed by atoms with Gasteiger partial charge in [-0.2, -0.15) is 0 Å². The topological polar surface area (TPSA) is 64.1 Å². The number of benzene rings is 1. The predicted octanol–water partition coefficient (Wildman–Crippen LogP) is 3.71. The molecule has 6 heteroatoms. The molecule has 3 aromatic rings. The Hall–Kier alpha value is -2.73. The molecule has 4 rings (SSSR count). The van der Waals surface area contributed by atoms with Gasteiger partial charge in [0.1, 0.15) is 5.75 Å². The number of hydrogen-bond donors (Lipinski definition) is 1. The average Bonchev–Trinajstić information content (AvgIpc) is 3.29. The molecule has 3 heterocycles. The van der Waals surface area contributed by atoms with Crippen LogP contribution in [0.15, 0.2) is 48.1 Å². The van der Waals surface area contributed by atoms with Crippen LogP contribution in [0.5, 0.6) is 5.75 Å². The molecule has 1 aromatic carbocycles. The van der Waals surface area contributed by atoms with Crippen molar-refractivity contribution in [3.63, 3.8) is 0 Å². The zero-order valence-electron chi connectivity index (χ0n) is 13.6. The maximum absolute atomic E-state index is 12.1. The zero-order valence-corrected chi connectivity index (χ0v) is 14.4. The van der Waals surface area contributed by atoms with Gasteiger partial charge >= 0.3 is 0 Å². The van der Waals surface area contributed by atoms with Crippen LogP contribution in [0.2, 0.25) is 0 Å². The molecular weight excluding hydrogens is 334 g/mol. The Morgan fingerprint density at radius 1 is 1.32 bits per heavy atom. The van der Waals surface area contributed by atoms with E-state index in [2.05, 4.69) is 21.4 Å². The Kier molecular flexibility index (Phi) is 4.43. The number of carbonyl (C=O) groups excluding carboxylic acids is 1. The maximum atomic E-state index is 12.1. The van der Waals surface area contributed by atoms with Crippen molar-refractivity contribution in [3.8, 4) is 17.0 Å². The van der Waals surface area contributed by atoms with Gasteiger partial charge in [-0.3, -0.25) is 9.78 Å². The Balaban J connectivity index is 1.39. The number of thiazole rings is 1. The fraction of sp³-hybridized carbons (Fsp3) is 0.211. The number of pyridine rings is 1. The molecule has 25 heavy (non-hydrogen) atoms. The molecule has 1 aliphatic rings. The second-order valence-corrected chi connectivity index (χ2v) is 6.73. The molecule has 0 atom stereocenters. The van der Waals surface area contributed by atoms with Crippen LogP contribution in [0, 0.1) is 0 Å². The molecule has 2 aromatic heterocycles. The molecule has 126 valence electrons. The van der Waals surface area contributed by atoms with Gasteiger partial charge < -0.3 is 10.1 Å². The van der Waals surface area contributed by atoms with E-state index in [1.54, 1.807) is 12.4 Å². The lowest BCUT2D eigenvalue weighted by Gasteiger charge is -2.02. The number of anilines is 1. The fourth-order valence-corrected chi connectivity index (χ4v) is 3.53. The van der Waals surface area contributed by atoms with E-state index in [4.69, 9.17) is 4.74 Å². The number of aromatic nitrogens is 2. The van der Waals surface area contributed by atoms with Gasteiger partial charge in [0.05, 0.1) is 12.3 Å². The number of carbonyl (C=O) groups is 1. The van der Waals surface area contributed by atoms with E-state index in [0.717, 1.165) is 35.6 Å². The Morgan fingerprint density at radius 2 is 2.28 bits per heavy atom. The largest absolute Gasteiger partial charge is 0.493 e. The maximum Gasteiger partial charge on any atom is 0.226 e. The highest BCUT2D eigenvalue weighted by Gasteiger charge is 2.14. The van der Waals surface area contributed by atoms with Gasteiger partial charge in [-0.25, -0.2) is 4.98 Å².